The molecule has 1 heterocycles. The van der Waals surface area contributed by atoms with Crippen LogP contribution < -0.4 is 20.1 Å². The predicted molar refractivity (Wildman–Crippen MR) is 92.4 cm³/mol. The van der Waals surface area contributed by atoms with Crippen molar-refractivity contribution in [2.24, 2.45) is 0 Å². The molecular weight excluding hydrogens is 292 g/mol. The SMILES string of the molecule is CCCNc1cc(NCc2ccc(OC)c(OC)c2)nc(C)n1. The standard InChI is InChI=1S/C17H24N4O2/c1-5-8-18-16-10-17(21-12(2)20-16)19-11-13-6-7-14(22-3)15(9-13)23-4/h6-7,9-10H,5,8,11H2,1-4H3,(H2,18,19,20,21). The molecule has 1 aromatic carbocycles. The number of nitrogens with one attached hydrogen (secondary N) is 2. The highest BCUT2D eigenvalue weighted by molar-refractivity contribution is 5.49. The van der Waals surface area contributed by atoms with Crippen molar-refractivity contribution >= 4 is 11.6 Å². The summed E-state index contributed by atoms with van der Waals surface area (Å²) in [6.07, 6.45) is 1.05. The van der Waals surface area contributed by atoms with Crippen LogP contribution in [0.15, 0.2) is 24.3 Å². The number of aromatic nitrogens is 2. The van der Waals surface area contributed by atoms with Crippen LogP contribution in [-0.4, -0.2) is 30.7 Å². The molecule has 6 heteroatoms. The lowest BCUT2D eigenvalue weighted by molar-refractivity contribution is 0.354. The van der Waals surface area contributed by atoms with E-state index in [1.165, 1.54) is 0 Å². The number of ether oxygens (including phenoxy) is 2. The molecule has 0 unspecified atom stereocenters. The first-order chi connectivity index (χ1) is 11.2. The Balaban J connectivity index is 2.07. The molecule has 0 fully saturated rings. The van der Waals surface area contributed by atoms with Gasteiger partial charge in [-0.05, 0) is 31.0 Å². The van der Waals surface area contributed by atoms with Crippen molar-refractivity contribution < 1.29 is 9.47 Å². The lowest BCUT2D eigenvalue weighted by Crippen LogP contribution is -2.07. The summed E-state index contributed by atoms with van der Waals surface area (Å²) in [6.45, 7) is 5.55. The minimum absolute atomic E-state index is 0.643. The summed E-state index contributed by atoms with van der Waals surface area (Å²) in [5, 5.41) is 6.60. The van der Waals surface area contributed by atoms with E-state index in [0.717, 1.165) is 47.5 Å². The molecule has 0 bridgehead atoms. The molecule has 23 heavy (non-hydrogen) atoms. The van der Waals surface area contributed by atoms with Crippen LogP contribution in [0.5, 0.6) is 11.5 Å². The van der Waals surface area contributed by atoms with Gasteiger partial charge in [-0.1, -0.05) is 13.0 Å². The van der Waals surface area contributed by atoms with E-state index in [1.807, 2.05) is 31.2 Å². The molecule has 2 aromatic rings. The summed E-state index contributed by atoms with van der Waals surface area (Å²) in [5.41, 5.74) is 1.09. The Morgan fingerprint density at radius 2 is 1.65 bits per heavy atom. The van der Waals surface area contributed by atoms with E-state index in [9.17, 15) is 0 Å². The van der Waals surface area contributed by atoms with Gasteiger partial charge in [0.2, 0.25) is 0 Å². The molecule has 0 radical (unpaired) electrons. The Morgan fingerprint density at radius 3 is 2.30 bits per heavy atom. The van der Waals surface area contributed by atoms with Crippen LogP contribution >= 0.6 is 0 Å². The van der Waals surface area contributed by atoms with Crippen molar-refractivity contribution in [1.82, 2.24) is 9.97 Å². The van der Waals surface area contributed by atoms with Gasteiger partial charge in [0, 0.05) is 19.2 Å². The first-order valence-electron chi connectivity index (χ1n) is 7.70. The summed E-state index contributed by atoms with van der Waals surface area (Å²) >= 11 is 0. The van der Waals surface area contributed by atoms with Crippen LogP contribution in [0.3, 0.4) is 0 Å². The van der Waals surface area contributed by atoms with Crippen molar-refractivity contribution in [3.63, 3.8) is 0 Å². The number of rotatable bonds is 8. The maximum atomic E-state index is 5.32. The molecule has 0 aliphatic carbocycles. The molecule has 0 aliphatic heterocycles. The van der Waals surface area contributed by atoms with E-state index < -0.39 is 0 Å². The number of benzene rings is 1. The fraction of sp³-hybridized carbons (Fsp3) is 0.412. The normalized spacial score (nSPS) is 10.3. The van der Waals surface area contributed by atoms with Crippen LogP contribution in [-0.2, 0) is 6.54 Å². The van der Waals surface area contributed by atoms with Crippen molar-refractivity contribution in [2.45, 2.75) is 26.8 Å². The van der Waals surface area contributed by atoms with Crippen LogP contribution in [0.25, 0.3) is 0 Å². The summed E-state index contributed by atoms with van der Waals surface area (Å²) in [7, 11) is 3.26. The molecule has 0 atom stereocenters. The molecule has 1 aromatic heterocycles. The largest absolute Gasteiger partial charge is 0.493 e. The highest BCUT2D eigenvalue weighted by atomic mass is 16.5. The summed E-state index contributed by atoms with van der Waals surface area (Å²) in [6, 6.07) is 7.77. The van der Waals surface area contributed by atoms with Crippen molar-refractivity contribution in [3.8, 4) is 11.5 Å². The minimum Gasteiger partial charge on any atom is -0.493 e. The van der Waals surface area contributed by atoms with E-state index in [2.05, 4.69) is 27.5 Å². The average Bonchev–Trinajstić information content (AvgIpc) is 2.57. The van der Waals surface area contributed by atoms with Gasteiger partial charge in [-0.25, -0.2) is 9.97 Å². The quantitative estimate of drug-likeness (QED) is 0.779. The maximum Gasteiger partial charge on any atom is 0.161 e. The Labute approximate surface area is 137 Å². The Bertz CT molecular complexity index is 646. The van der Waals surface area contributed by atoms with E-state index >= 15 is 0 Å². The molecule has 2 rings (SSSR count). The van der Waals surface area contributed by atoms with Gasteiger partial charge in [0.15, 0.2) is 11.5 Å². The molecule has 124 valence electrons. The topological polar surface area (TPSA) is 68.3 Å². The molecule has 0 saturated carbocycles. The number of nitrogens with zero attached hydrogens (tertiary/aromatic N) is 2. The van der Waals surface area contributed by atoms with Crippen LogP contribution in [0.4, 0.5) is 11.6 Å². The molecular formula is C17H24N4O2. The zero-order valence-corrected chi connectivity index (χ0v) is 14.1. The Morgan fingerprint density at radius 1 is 0.957 bits per heavy atom. The second kappa shape index (κ2) is 8.22. The second-order valence-corrected chi connectivity index (χ2v) is 5.16. The van der Waals surface area contributed by atoms with E-state index in [1.54, 1.807) is 14.2 Å². The second-order valence-electron chi connectivity index (χ2n) is 5.16. The average molecular weight is 316 g/mol. The lowest BCUT2D eigenvalue weighted by atomic mass is 10.2. The lowest BCUT2D eigenvalue weighted by Gasteiger charge is -2.12. The van der Waals surface area contributed by atoms with Crippen molar-refractivity contribution in [3.05, 3.63) is 35.7 Å². The highest BCUT2D eigenvalue weighted by Gasteiger charge is 2.06. The van der Waals surface area contributed by atoms with Gasteiger partial charge in [-0.2, -0.15) is 0 Å². The first kappa shape index (κ1) is 16.9. The molecule has 0 spiro atoms. The van der Waals surface area contributed by atoms with Crippen LogP contribution in [0.1, 0.15) is 24.7 Å². The molecule has 0 amide bonds. The fourth-order valence-electron chi connectivity index (χ4n) is 2.19. The monoisotopic (exact) mass is 316 g/mol. The number of aryl methyl sites for hydroxylation is 1. The number of hydrogen-bond acceptors (Lipinski definition) is 6. The fourth-order valence-corrected chi connectivity index (χ4v) is 2.19. The van der Waals surface area contributed by atoms with Gasteiger partial charge >= 0.3 is 0 Å². The van der Waals surface area contributed by atoms with Crippen molar-refractivity contribution in [2.75, 3.05) is 31.4 Å². The smallest absolute Gasteiger partial charge is 0.161 e. The highest BCUT2D eigenvalue weighted by Crippen LogP contribution is 2.27. The molecule has 2 N–H and O–H groups in total. The number of methoxy groups -OCH3 is 2. The van der Waals surface area contributed by atoms with Gasteiger partial charge in [0.1, 0.15) is 17.5 Å². The summed E-state index contributed by atoms with van der Waals surface area (Å²) in [4.78, 5) is 8.79. The summed E-state index contributed by atoms with van der Waals surface area (Å²) in [5.74, 6) is 3.82. The third kappa shape index (κ3) is 4.74. The molecule has 0 aliphatic rings. The molecule has 6 nitrogen and oxygen atoms in total. The summed E-state index contributed by atoms with van der Waals surface area (Å²) < 4.78 is 10.6. The van der Waals surface area contributed by atoms with Gasteiger partial charge in [0.05, 0.1) is 14.2 Å². The predicted octanol–water partition coefficient (Wildman–Crippen LogP) is 3.24. The van der Waals surface area contributed by atoms with E-state index in [-0.39, 0.29) is 0 Å². The van der Waals surface area contributed by atoms with E-state index in [0.29, 0.717) is 6.54 Å². The zero-order valence-electron chi connectivity index (χ0n) is 14.1. The number of anilines is 2. The third-order valence-corrected chi connectivity index (χ3v) is 3.32. The van der Waals surface area contributed by atoms with Gasteiger partial charge in [0.25, 0.3) is 0 Å². The minimum atomic E-state index is 0.643. The van der Waals surface area contributed by atoms with Gasteiger partial charge in [-0.3, -0.25) is 0 Å². The van der Waals surface area contributed by atoms with Gasteiger partial charge < -0.3 is 20.1 Å². The zero-order chi connectivity index (χ0) is 16.7. The Hall–Kier alpha value is -2.50. The number of hydrogen-bond donors (Lipinski definition) is 2. The van der Waals surface area contributed by atoms with Gasteiger partial charge in [-0.15, -0.1) is 0 Å². The third-order valence-electron chi connectivity index (χ3n) is 3.32. The van der Waals surface area contributed by atoms with Crippen molar-refractivity contribution in [1.29, 1.82) is 0 Å². The maximum absolute atomic E-state index is 5.32. The van der Waals surface area contributed by atoms with E-state index in [4.69, 9.17) is 9.47 Å². The van der Waals surface area contributed by atoms with Crippen LogP contribution in [0, 0.1) is 6.92 Å². The first-order valence-corrected chi connectivity index (χ1v) is 7.70. The Kier molecular flexibility index (Phi) is 6.02. The molecule has 0 saturated heterocycles. The van der Waals surface area contributed by atoms with Crippen LogP contribution in [0.2, 0.25) is 0 Å².